The van der Waals surface area contributed by atoms with Gasteiger partial charge in [-0.15, -0.1) is 0 Å². The maximum Gasteiger partial charge on any atom is 0.311 e. The fraction of sp³-hybridized carbons (Fsp3) is 0.941. The van der Waals surface area contributed by atoms with Crippen LogP contribution in [0.5, 0.6) is 0 Å². The molecule has 0 bridgehead atoms. The predicted octanol–water partition coefficient (Wildman–Crippen LogP) is 4.32. The molecule has 0 spiro atoms. The Morgan fingerprint density at radius 2 is 1.55 bits per heavy atom. The van der Waals surface area contributed by atoms with Crippen LogP contribution in [0.3, 0.4) is 0 Å². The van der Waals surface area contributed by atoms with Crippen LogP contribution in [0.4, 0.5) is 0 Å². The Morgan fingerprint density at radius 3 is 2.05 bits per heavy atom. The molecule has 0 amide bonds. The number of hydrogen-bond acceptors (Lipinski definition) is 3. The monoisotopic (exact) mass is 286 g/mol. The fourth-order valence-corrected chi connectivity index (χ4v) is 2.60. The Labute approximate surface area is 125 Å². The summed E-state index contributed by atoms with van der Waals surface area (Å²) in [6.07, 6.45) is 8.71. The molecule has 0 fully saturated rings. The molecule has 120 valence electrons. The molecule has 3 nitrogen and oxygen atoms in total. The molecule has 1 N–H and O–H groups in total. The number of aliphatic hydroxyl groups is 1. The molecule has 0 aliphatic heterocycles. The zero-order valence-electron chi connectivity index (χ0n) is 13.9. The predicted molar refractivity (Wildman–Crippen MR) is 83.6 cm³/mol. The summed E-state index contributed by atoms with van der Waals surface area (Å²) in [5.41, 5.74) is 0. The quantitative estimate of drug-likeness (QED) is 0.429. The van der Waals surface area contributed by atoms with E-state index in [1.807, 2.05) is 13.8 Å². The van der Waals surface area contributed by atoms with Gasteiger partial charge in [-0.25, -0.2) is 0 Å². The van der Waals surface area contributed by atoms with E-state index >= 15 is 0 Å². The normalized spacial score (nSPS) is 14.3. The molecule has 0 aromatic carbocycles. The Balaban J connectivity index is 3.90. The topological polar surface area (TPSA) is 46.5 Å². The lowest BCUT2D eigenvalue weighted by Crippen LogP contribution is -2.34. The summed E-state index contributed by atoms with van der Waals surface area (Å²) in [7, 11) is 0. The van der Waals surface area contributed by atoms with E-state index in [1.165, 1.54) is 32.1 Å². The van der Waals surface area contributed by atoms with E-state index in [0.717, 1.165) is 12.8 Å². The third kappa shape index (κ3) is 8.57. The first kappa shape index (κ1) is 19.4. The van der Waals surface area contributed by atoms with Crippen LogP contribution in [0.15, 0.2) is 0 Å². The lowest BCUT2D eigenvalue weighted by molar-refractivity contribution is -0.154. The van der Waals surface area contributed by atoms with Crippen molar-refractivity contribution in [2.24, 2.45) is 11.8 Å². The summed E-state index contributed by atoms with van der Waals surface area (Å²) in [4.78, 5) is 11.9. The highest BCUT2D eigenvalue weighted by Gasteiger charge is 2.30. The summed E-state index contributed by atoms with van der Waals surface area (Å²) in [6, 6.07) is 0. The minimum absolute atomic E-state index is 0.119. The Hall–Kier alpha value is -0.570. The Morgan fingerprint density at radius 1 is 1.00 bits per heavy atom. The molecule has 0 aromatic rings. The van der Waals surface area contributed by atoms with Crippen LogP contribution in [0.1, 0.15) is 79.1 Å². The van der Waals surface area contributed by atoms with Crippen molar-refractivity contribution in [2.75, 3.05) is 6.61 Å². The third-order valence-electron chi connectivity index (χ3n) is 3.79. The van der Waals surface area contributed by atoms with Gasteiger partial charge in [0.05, 0.1) is 18.6 Å². The van der Waals surface area contributed by atoms with Crippen molar-refractivity contribution >= 4 is 5.97 Å². The van der Waals surface area contributed by atoms with Crippen LogP contribution in [0, 0.1) is 11.8 Å². The molecule has 2 unspecified atom stereocenters. The largest absolute Gasteiger partial charge is 0.466 e. The van der Waals surface area contributed by atoms with Crippen molar-refractivity contribution in [1.82, 2.24) is 0 Å². The number of rotatable bonds is 12. The Bertz CT molecular complexity index is 238. The van der Waals surface area contributed by atoms with Crippen LogP contribution < -0.4 is 0 Å². The third-order valence-corrected chi connectivity index (χ3v) is 3.79. The minimum Gasteiger partial charge on any atom is -0.466 e. The van der Waals surface area contributed by atoms with Gasteiger partial charge in [0, 0.05) is 0 Å². The molecule has 0 aliphatic rings. The molecule has 0 aromatic heterocycles. The summed E-state index contributed by atoms with van der Waals surface area (Å²) in [6.45, 7) is 8.34. The van der Waals surface area contributed by atoms with E-state index in [-0.39, 0.29) is 17.8 Å². The summed E-state index contributed by atoms with van der Waals surface area (Å²) < 4.78 is 5.06. The zero-order chi connectivity index (χ0) is 15.4. The summed E-state index contributed by atoms with van der Waals surface area (Å²) >= 11 is 0. The molecular weight excluding hydrogens is 252 g/mol. The lowest BCUT2D eigenvalue weighted by Gasteiger charge is -2.24. The molecule has 0 saturated heterocycles. The molecule has 0 rings (SSSR count). The first-order valence-corrected chi connectivity index (χ1v) is 8.39. The molecule has 0 saturated carbocycles. The lowest BCUT2D eigenvalue weighted by atomic mass is 9.87. The minimum atomic E-state index is -0.565. The second-order valence-electron chi connectivity index (χ2n) is 6.00. The molecule has 0 radical (unpaired) electrons. The number of aliphatic hydroxyl groups excluding tert-OH is 1. The molecule has 0 heterocycles. The number of esters is 1. The number of unbranched alkanes of at least 4 members (excludes halogenated alkanes) is 6. The van der Waals surface area contributed by atoms with Crippen LogP contribution in [-0.2, 0) is 9.53 Å². The van der Waals surface area contributed by atoms with Crippen LogP contribution >= 0.6 is 0 Å². The molecule has 0 aliphatic carbocycles. The first-order valence-electron chi connectivity index (χ1n) is 8.39. The van der Waals surface area contributed by atoms with Crippen molar-refractivity contribution in [2.45, 2.75) is 85.2 Å². The smallest absolute Gasteiger partial charge is 0.311 e. The maximum absolute atomic E-state index is 11.9. The van der Waals surface area contributed by atoms with Crippen molar-refractivity contribution in [3.8, 4) is 0 Å². The van der Waals surface area contributed by atoms with Crippen molar-refractivity contribution in [3.05, 3.63) is 0 Å². The van der Waals surface area contributed by atoms with E-state index < -0.39 is 6.10 Å². The highest BCUT2D eigenvalue weighted by atomic mass is 16.5. The second kappa shape index (κ2) is 12.2. The SMILES string of the molecule is CCCCCCCCCC(O)C(C(=O)OCC)C(C)C. The molecular formula is C17H34O3. The number of carbonyl (C=O) groups is 1. The van der Waals surface area contributed by atoms with Gasteiger partial charge in [-0.1, -0.05) is 65.7 Å². The number of hydrogen-bond donors (Lipinski definition) is 1. The van der Waals surface area contributed by atoms with Gasteiger partial charge in [-0.05, 0) is 19.3 Å². The van der Waals surface area contributed by atoms with Gasteiger partial charge in [-0.2, -0.15) is 0 Å². The Kier molecular flexibility index (Phi) is 11.8. The first-order chi connectivity index (χ1) is 9.54. The van der Waals surface area contributed by atoms with Crippen LogP contribution in [0.25, 0.3) is 0 Å². The number of carbonyl (C=O) groups excluding carboxylic acids is 1. The van der Waals surface area contributed by atoms with E-state index in [0.29, 0.717) is 13.0 Å². The van der Waals surface area contributed by atoms with Gasteiger partial charge in [0.2, 0.25) is 0 Å². The average molecular weight is 286 g/mol. The van der Waals surface area contributed by atoms with Crippen LogP contribution in [0.2, 0.25) is 0 Å². The van der Waals surface area contributed by atoms with Crippen molar-refractivity contribution in [1.29, 1.82) is 0 Å². The van der Waals surface area contributed by atoms with Gasteiger partial charge in [0.15, 0.2) is 0 Å². The van der Waals surface area contributed by atoms with E-state index in [9.17, 15) is 9.90 Å². The molecule has 3 heteroatoms. The zero-order valence-corrected chi connectivity index (χ0v) is 13.9. The standard InChI is InChI=1S/C17H34O3/c1-5-7-8-9-10-11-12-13-15(18)16(14(3)4)17(19)20-6-2/h14-16,18H,5-13H2,1-4H3. The van der Waals surface area contributed by atoms with Crippen molar-refractivity contribution < 1.29 is 14.6 Å². The van der Waals surface area contributed by atoms with Gasteiger partial charge >= 0.3 is 5.97 Å². The van der Waals surface area contributed by atoms with Gasteiger partial charge < -0.3 is 9.84 Å². The van der Waals surface area contributed by atoms with E-state index in [2.05, 4.69) is 6.92 Å². The maximum atomic E-state index is 11.9. The van der Waals surface area contributed by atoms with Crippen LogP contribution in [-0.4, -0.2) is 23.8 Å². The van der Waals surface area contributed by atoms with Gasteiger partial charge in [0.25, 0.3) is 0 Å². The highest BCUT2D eigenvalue weighted by molar-refractivity contribution is 5.73. The number of ether oxygens (including phenoxy) is 1. The summed E-state index contributed by atoms with van der Waals surface area (Å²) in [5.74, 6) is -0.512. The summed E-state index contributed by atoms with van der Waals surface area (Å²) in [5, 5.41) is 10.2. The van der Waals surface area contributed by atoms with Gasteiger partial charge in [0.1, 0.15) is 0 Å². The average Bonchev–Trinajstić information content (AvgIpc) is 2.37. The van der Waals surface area contributed by atoms with E-state index in [4.69, 9.17) is 4.74 Å². The molecule has 2 atom stereocenters. The van der Waals surface area contributed by atoms with Crippen molar-refractivity contribution in [3.63, 3.8) is 0 Å². The second-order valence-corrected chi connectivity index (χ2v) is 6.00. The molecule has 20 heavy (non-hydrogen) atoms. The van der Waals surface area contributed by atoms with E-state index in [1.54, 1.807) is 6.92 Å². The van der Waals surface area contributed by atoms with Gasteiger partial charge in [-0.3, -0.25) is 4.79 Å². The highest BCUT2D eigenvalue weighted by Crippen LogP contribution is 2.22. The fourth-order valence-electron chi connectivity index (χ4n) is 2.60.